The van der Waals surface area contributed by atoms with Crippen molar-refractivity contribution in [1.29, 1.82) is 0 Å². The Morgan fingerprint density at radius 1 is 0.318 bits per heavy atom. The summed E-state index contributed by atoms with van der Waals surface area (Å²) in [4.78, 5) is 0. The summed E-state index contributed by atoms with van der Waals surface area (Å²) in [7, 11) is -3.73. The molecule has 0 atom stereocenters. The minimum atomic E-state index is -1.86. The second kappa shape index (κ2) is 9.01. The first kappa shape index (κ1) is 25.9. The van der Waals surface area contributed by atoms with Gasteiger partial charge in [-0.15, -0.1) is 0 Å². The third-order valence-corrected chi connectivity index (χ3v) is 17.7. The maximum atomic E-state index is 2.61. The predicted molar refractivity (Wildman–Crippen MR) is 197 cm³/mol. The fourth-order valence-electron chi connectivity index (χ4n) is 8.44. The summed E-state index contributed by atoms with van der Waals surface area (Å²) in [6.45, 7) is 10.1. The van der Waals surface area contributed by atoms with Gasteiger partial charge in [-0.2, -0.15) is 46.9 Å². The largest absolute Gasteiger partial charge is 0.173 e. The molecule has 9 rings (SSSR count). The van der Waals surface area contributed by atoms with E-state index in [1.807, 2.05) is 0 Å². The topological polar surface area (TPSA) is 0 Å². The molecule has 0 saturated carbocycles. The van der Waals surface area contributed by atoms with E-state index >= 15 is 0 Å². The molecule has 7 aromatic rings. The van der Waals surface area contributed by atoms with Gasteiger partial charge in [0.05, 0.1) is 0 Å². The van der Waals surface area contributed by atoms with E-state index in [0.29, 0.717) is 0 Å². The Balaban J connectivity index is 1.52. The van der Waals surface area contributed by atoms with E-state index in [1.54, 1.807) is 20.7 Å². The first-order valence-corrected chi connectivity index (χ1v) is 21.8. The average molecular weight is 595 g/mol. The molecule has 0 saturated heterocycles. The van der Waals surface area contributed by atoms with Gasteiger partial charge in [-0.3, -0.25) is 0 Å². The summed E-state index contributed by atoms with van der Waals surface area (Å²) in [6.07, 6.45) is 0. The lowest BCUT2D eigenvalue weighted by Gasteiger charge is -2.33. The van der Waals surface area contributed by atoms with Crippen LogP contribution in [0.5, 0.6) is 0 Å². The second-order valence-electron chi connectivity index (χ2n) is 13.7. The highest BCUT2D eigenvalue weighted by molar-refractivity contribution is 7.04. The fraction of sp³-hybridized carbons (Fsp3) is 0.0952. The Bertz CT molecular complexity index is 2190. The van der Waals surface area contributed by atoms with E-state index in [9.17, 15) is 0 Å². The molecule has 44 heavy (non-hydrogen) atoms. The van der Waals surface area contributed by atoms with Crippen LogP contribution in [-0.2, 0) is 0 Å². The monoisotopic (exact) mass is 594 g/mol. The molecule has 2 heteroatoms. The molecule has 2 aliphatic heterocycles. The third-order valence-electron chi connectivity index (χ3n) is 10.6. The molecule has 2 heterocycles. The zero-order valence-electron chi connectivity index (χ0n) is 25.7. The van der Waals surface area contributed by atoms with Crippen LogP contribution >= 0.6 is 0 Å². The molecule has 0 N–H and O–H groups in total. The molecule has 2 aliphatic rings. The van der Waals surface area contributed by atoms with Gasteiger partial charge in [-0.1, -0.05) is 160 Å². The van der Waals surface area contributed by atoms with Crippen LogP contribution in [0.15, 0.2) is 133 Å². The van der Waals surface area contributed by atoms with Gasteiger partial charge >= 0.3 is 0 Å². The van der Waals surface area contributed by atoms with Gasteiger partial charge in [0.1, 0.15) is 0 Å². The van der Waals surface area contributed by atoms with Crippen LogP contribution in [0.3, 0.4) is 0 Å². The highest BCUT2D eigenvalue weighted by Crippen LogP contribution is 2.47. The zero-order valence-corrected chi connectivity index (χ0v) is 27.7. The summed E-state index contributed by atoms with van der Waals surface area (Å²) in [6, 6.07) is 50.9. The van der Waals surface area contributed by atoms with Crippen LogP contribution in [0, 0.1) is 0 Å². The highest BCUT2D eigenvalue weighted by atomic mass is 28.3. The summed E-state index contributed by atoms with van der Waals surface area (Å²) in [5, 5.41) is 11.7. The number of hydrogen-bond acceptors (Lipinski definition) is 0. The van der Waals surface area contributed by atoms with E-state index in [1.165, 1.54) is 66.1 Å². The maximum Gasteiger partial charge on any atom is -0.00260 e. The zero-order chi connectivity index (χ0) is 29.8. The van der Waals surface area contributed by atoms with Crippen molar-refractivity contribution >= 4 is 58.4 Å². The minimum Gasteiger partial charge on any atom is -0.173 e. The maximum absolute atomic E-state index is 2.61. The first-order chi connectivity index (χ1) is 21.4. The van der Waals surface area contributed by atoms with Crippen molar-refractivity contribution in [3.63, 3.8) is 0 Å². The van der Waals surface area contributed by atoms with E-state index in [-0.39, 0.29) is 0 Å². The van der Waals surface area contributed by atoms with Crippen LogP contribution in [0.25, 0.3) is 66.1 Å². The van der Waals surface area contributed by atoms with Crippen LogP contribution in [0.2, 0.25) is 26.2 Å². The Hall–Kier alpha value is -4.51. The van der Waals surface area contributed by atoms with Gasteiger partial charge in [-0.25, -0.2) is 0 Å². The molecule has 0 spiro atoms. The third kappa shape index (κ3) is 3.38. The van der Waals surface area contributed by atoms with Crippen molar-refractivity contribution in [2.75, 3.05) is 0 Å². The smallest absolute Gasteiger partial charge is 0.00260 e. The molecular formula is C42H34Si2-2. The summed E-state index contributed by atoms with van der Waals surface area (Å²) in [5.74, 6) is 0. The summed E-state index contributed by atoms with van der Waals surface area (Å²) in [5.41, 5.74) is 11.0. The SMILES string of the molecule is C[Si-]1(C)c2ccccc2-c2cc3c(-c4ccccc4)c4cc5c(cc4c(-c4ccccc4)c3cc21)[Si-](C)(C)c1ccccc1-5. The van der Waals surface area contributed by atoms with Crippen molar-refractivity contribution < 1.29 is 0 Å². The van der Waals surface area contributed by atoms with Gasteiger partial charge in [0.15, 0.2) is 0 Å². The van der Waals surface area contributed by atoms with Crippen molar-refractivity contribution in [3.8, 4) is 44.5 Å². The van der Waals surface area contributed by atoms with Crippen LogP contribution in [0.4, 0.5) is 0 Å². The molecule has 0 aromatic heterocycles. The molecule has 0 fully saturated rings. The van der Waals surface area contributed by atoms with Gasteiger partial charge in [-0.05, 0) is 55.9 Å². The Morgan fingerprint density at radius 2 is 0.659 bits per heavy atom. The standard InChI is InChI=1S/C42H34Si2/c1-43(2)37-21-13-11-19-29(37)31-23-33-35(25-39(31)43)42(28-17-9-6-10-18-28)36-26-40-32(30-20-12-14-22-38(30)44(40,3)4)24-34(36)41(33)27-15-7-5-8-16-27/h5-26H,1-4H3/q-2. The highest BCUT2D eigenvalue weighted by Gasteiger charge is 2.31. The van der Waals surface area contributed by atoms with Crippen LogP contribution in [0.1, 0.15) is 0 Å². The van der Waals surface area contributed by atoms with Crippen molar-refractivity contribution in [2.24, 2.45) is 0 Å². The average Bonchev–Trinajstić information content (AvgIpc) is 3.41. The second-order valence-corrected chi connectivity index (χ2v) is 22.4. The molecule has 0 radical (unpaired) electrons. The summed E-state index contributed by atoms with van der Waals surface area (Å²) < 4.78 is 0. The van der Waals surface area contributed by atoms with Crippen molar-refractivity contribution in [1.82, 2.24) is 0 Å². The van der Waals surface area contributed by atoms with E-state index in [4.69, 9.17) is 0 Å². The Kier molecular flexibility index (Phi) is 5.31. The van der Waals surface area contributed by atoms with Crippen molar-refractivity contribution in [3.05, 3.63) is 133 Å². The molecule has 0 aliphatic carbocycles. The van der Waals surface area contributed by atoms with Gasteiger partial charge in [0, 0.05) is 0 Å². The fourth-order valence-corrected chi connectivity index (χ4v) is 14.6. The van der Waals surface area contributed by atoms with Gasteiger partial charge in [0.2, 0.25) is 0 Å². The van der Waals surface area contributed by atoms with Gasteiger partial charge < -0.3 is 0 Å². The lowest BCUT2D eigenvalue weighted by molar-refractivity contribution is 1.65. The molecule has 212 valence electrons. The predicted octanol–water partition coefficient (Wildman–Crippen LogP) is 8.93. The molecule has 0 bridgehead atoms. The Labute approximate surface area is 261 Å². The summed E-state index contributed by atoms with van der Waals surface area (Å²) >= 11 is 0. The molecule has 7 aromatic carbocycles. The number of fused-ring (bicyclic) bond motifs is 8. The minimum absolute atomic E-state index is 1.28. The molecular weight excluding hydrogens is 561 g/mol. The normalized spacial score (nSPS) is 15.2. The molecule has 0 amide bonds. The Morgan fingerprint density at radius 3 is 1.07 bits per heavy atom. The first-order valence-electron chi connectivity index (χ1n) is 15.8. The van der Waals surface area contributed by atoms with Crippen LogP contribution < -0.4 is 20.7 Å². The van der Waals surface area contributed by atoms with E-state index in [2.05, 4.69) is 160 Å². The quantitative estimate of drug-likeness (QED) is 0.138. The van der Waals surface area contributed by atoms with Gasteiger partial charge in [0.25, 0.3) is 0 Å². The van der Waals surface area contributed by atoms with Crippen molar-refractivity contribution in [2.45, 2.75) is 26.2 Å². The van der Waals surface area contributed by atoms with E-state index < -0.39 is 16.1 Å². The molecule has 0 unspecified atom stereocenters. The van der Waals surface area contributed by atoms with Crippen LogP contribution in [-0.4, -0.2) is 16.1 Å². The lowest BCUT2D eigenvalue weighted by Crippen LogP contribution is -2.49. The van der Waals surface area contributed by atoms with E-state index in [0.717, 1.165) is 0 Å². The molecule has 0 nitrogen and oxygen atoms in total. The lowest BCUT2D eigenvalue weighted by atomic mass is 9.84. The number of benzene rings is 7. The number of hydrogen-bond donors (Lipinski definition) is 0. The number of rotatable bonds is 2.